The van der Waals surface area contributed by atoms with Gasteiger partial charge < -0.3 is 4.74 Å². The van der Waals surface area contributed by atoms with E-state index in [1.54, 1.807) is 6.07 Å². The molecule has 18 heavy (non-hydrogen) atoms. The number of aryl methyl sites for hydroxylation is 1. The summed E-state index contributed by atoms with van der Waals surface area (Å²) >= 11 is 3.34. The van der Waals surface area contributed by atoms with Gasteiger partial charge in [-0.3, -0.25) is 0 Å². The van der Waals surface area contributed by atoms with Gasteiger partial charge in [0.05, 0.1) is 0 Å². The molecule has 0 unspecified atom stereocenters. The molecule has 0 fully saturated rings. The number of ether oxygens (including phenoxy) is 1. The molecule has 0 radical (unpaired) electrons. The Bertz CT molecular complexity index is 535. The SMILES string of the molecule is Cc1nc(Br)cc(Oc2ccccc2C(C)C)n1. The molecule has 1 aromatic carbocycles. The minimum atomic E-state index is 0.410. The first-order valence-corrected chi connectivity index (χ1v) is 6.63. The normalized spacial score (nSPS) is 10.7. The molecule has 0 saturated heterocycles. The van der Waals surface area contributed by atoms with E-state index in [2.05, 4.69) is 45.8 Å². The van der Waals surface area contributed by atoms with Crippen molar-refractivity contribution in [1.82, 2.24) is 9.97 Å². The third-order valence-corrected chi connectivity index (χ3v) is 2.94. The molecule has 0 bridgehead atoms. The summed E-state index contributed by atoms with van der Waals surface area (Å²) in [6.07, 6.45) is 0. The van der Waals surface area contributed by atoms with Crippen LogP contribution in [-0.4, -0.2) is 9.97 Å². The van der Waals surface area contributed by atoms with E-state index >= 15 is 0 Å². The molecule has 0 amide bonds. The largest absolute Gasteiger partial charge is 0.439 e. The topological polar surface area (TPSA) is 35.0 Å². The van der Waals surface area contributed by atoms with Gasteiger partial charge in [-0.05, 0) is 40.4 Å². The lowest BCUT2D eigenvalue weighted by Crippen LogP contribution is -1.97. The van der Waals surface area contributed by atoms with Crippen LogP contribution in [-0.2, 0) is 0 Å². The van der Waals surface area contributed by atoms with Crippen molar-refractivity contribution in [3.8, 4) is 11.6 Å². The van der Waals surface area contributed by atoms with Gasteiger partial charge in [-0.25, -0.2) is 4.98 Å². The zero-order valence-electron chi connectivity index (χ0n) is 10.6. The van der Waals surface area contributed by atoms with Crippen molar-refractivity contribution in [2.75, 3.05) is 0 Å². The lowest BCUT2D eigenvalue weighted by molar-refractivity contribution is 0.451. The summed E-state index contributed by atoms with van der Waals surface area (Å²) in [5, 5.41) is 0. The molecule has 2 rings (SSSR count). The van der Waals surface area contributed by atoms with Crippen molar-refractivity contribution in [3.05, 3.63) is 46.3 Å². The number of halogens is 1. The van der Waals surface area contributed by atoms with E-state index < -0.39 is 0 Å². The maximum atomic E-state index is 5.85. The Kier molecular flexibility index (Phi) is 3.97. The van der Waals surface area contributed by atoms with Crippen molar-refractivity contribution < 1.29 is 4.74 Å². The molecule has 4 heteroatoms. The Morgan fingerprint density at radius 2 is 1.89 bits per heavy atom. The molecule has 0 saturated carbocycles. The van der Waals surface area contributed by atoms with Crippen LogP contribution in [0.3, 0.4) is 0 Å². The number of nitrogens with zero attached hydrogens (tertiary/aromatic N) is 2. The van der Waals surface area contributed by atoms with E-state index in [1.165, 1.54) is 5.56 Å². The molecule has 0 atom stereocenters. The molecule has 2 aromatic rings. The molecular formula is C14H15BrN2O. The van der Waals surface area contributed by atoms with Gasteiger partial charge in [0.15, 0.2) is 0 Å². The van der Waals surface area contributed by atoms with Crippen LogP contribution in [0.4, 0.5) is 0 Å². The van der Waals surface area contributed by atoms with E-state index in [4.69, 9.17) is 4.74 Å². The second kappa shape index (κ2) is 5.48. The van der Waals surface area contributed by atoms with Crippen LogP contribution >= 0.6 is 15.9 Å². The second-order valence-corrected chi connectivity index (χ2v) is 5.18. The molecule has 1 aromatic heterocycles. The lowest BCUT2D eigenvalue weighted by atomic mass is 10.0. The number of rotatable bonds is 3. The quantitative estimate of drug-likeness (QED) is 0.785. The van der Waals surface area contributed by atoms with Crippen LogP contribution in [0.15, 0.2) is 34.9 Å². The zero-order valence-corrected chi connectivity index (χ0v) is 12.2. The highest BCUT2D eigenvalue weighted by Gasteiger charge is 2.09. The Balaban J connectivity index is 2.34. The Morgan fingerprint density at radius 3 is 2.56 bits per heavy atom. The Labute approximate surface area is 115 Å². The Morgan fingerprint density at radius 1 is 1.17 bits per heavy atom. The number of aromatic nitrogens is 2. The van der Waals surface area contributed by atoms with E-state index in [0.717, 1.165) is 10.4 Å². The molecule has 0 aliphatic heterocycles. The van der Waals surface area contributed by atoms with Crippen molar-refractivity contribution in [3.63, 3.8) is 0 Å². The summed E-state index contributed by atoms with van der Waals surface area (Å²) in [7, 11) is 0. The predicted molar refractivity (Wildman–Crippen MR) is 75.1 cm³/mol. The van der Waals surface area contributed by atoms with Gasteiger partial charge in [0.2, 0.25) is 5.88 Å². The molecule has 0 spiro atoms. The van der Waals surface area contributed by atoms with E-state index in [9.17, 15) is 0 Å². The average molecular weight is 307 g/mol. The van der Waals surface area contributed by atoms with E-state index in [0.29, 0.717) is 17.6 Å². The fourth-order valence-electron chi connectivity index (χ4n) is 1.72. The van der Waals surface area contributed by atoms with E-state index in [1.807, 2.05) is 25.1 Å². The minimum Gasteiger partial charge on any atom is -0.439 e. The van der Waals surface area contributed by atoms with E-state index in [-0.39, 0.29) is 0 Å². The maximum Gasteiger partial charge on any atom is 0.223 e. The van der Waals surface area contributed by atoms with Gasteiger partial charge in [-0.1, -0.05) is 32.0 Å². The maximum absolute atomic E-state index is 5.85. The molecule has 0 aliphatic carbocycles. The van der Waals surface area contributed by atoms with Crippen LogP contribution in [0, 0.1) is 6.92 Å². The molecule has 0 aliphatic rings. The lowest BCUT2D eigenvalue weighted by Gasteiger charge is -2.13. The van der Waals surface area contributed by atoms with Gasteiger partial charge >= 0.3 is 0 Å². The molecule has 0 N–H and O–H groups in total. The second-order valence-electron chi connectivity index (χ2n) is 4.37. The summed E-state index contributed by atoms with van der Waals surface area (Å²) in [4.78, 5) is 8.43. The van der Waals surface area contributed by atoms with Gasteiger partial charge in [0.25, 0.3) is 0 Å². The van der Waals surface area contributed by atoms with Gasteiger partial charge in [-0.2, -0.15) is 4.98 Å². The highest BCUT2D eigenvalue weighted by Crippen LogP contribution is 2.30. The van der Waals surface area contributed by atoms with Crippen molar-refractivity contribution in [2.24, 2.45) is 0 Å². The number of hydrogen-bond acceptors (Lipinski definition) is 3. The fraction of sp³-hybridized carbons (Fsp3) is 0.286. The van der Waals surface area contributed by atoms with Crippen molar-refractivity contribution in [2.45, 2.75) is 26.7 Å². The summed E-state index contributed by atoms with van der Waals surface area (Å²) in [6, 6.07) is 9.78. The highest BCUT2D eigenvalue weighted by atomic mass is 79.9. The minimum absolute atomic E-state index is 0.410. The first-order valence-electron chi connectivity index (χ1n) is 5.84. The molecule has 3 nitrogen and oxygen atoms in total. The Hall–Kier alpha value is -1.42. The van der Waals surface area contributed by atoms with Crippen molar-refractivity contribution in [1.29, 1.82) is 0 Å². The average Bonchev–Trinajstić information content (AvgIpc) is 2.27. The van der Waals surface area contributed by atoms with Crippen LogP contribution < -0.4 is 4.74 Å². The number of hydrogen-bond donors (Lipinski definition) is 0. The predicted octanol–water partition coefficient (Wildman–Crippen LogP) is 4.46. The van der Waals surface area contributed by atoms with Crippen LogP contribution in [0.5, 0.6) is 11.6 Å². The van der Waals surface area contributed by atoms with Crippen molar-refractivity contribution >= 4 is 15.9 Å². The van der Waals surface area contributed by atoms with Gasteiger partial charge in [-0.15, -0.1) is 0 Å². The number of para-hydroxylation sites is 1. The van der Waals surface area contributed by atoms with Crippen LogP contribution in [0.1, 0.15) is 31.2 Å². The fourth-order valence-corrected chi connectivity index (χ4v) is 2.17. The summed E-state index contributed by atoms with van der Waals surface area (Å²) in [5.74, 6) is 2.49. The number of benzene rings is 1. The highest BCUT2D eigenvalue weighted by molar-refractivity contribution is 9.10. The molecule has 94 valence electrons. The van der Waals surface area contributed by atoms with Gasteiger partial charge in [0.1, 0.15) is 16.2 Å². The van der Waals surface area contributed by atoms with Gasteiger partial charge in [0, 0.05) is 6.07 Å². The first kappa shape index (κ1) is 13.0. The summed E-state index contributed by atoms with van der Waals surface area (Å²) < 4.78 is 6.58. The van der Waals surface area contributed by atoms with Crippen LogP contribution in [0.2, 0.25) is 0 Å². The zero-order chi connectivity index (χ0) is 13.1. The summed E-state index contributed by atoms with van der Waals surface area (Å²) in [6.45, 7) is 6.12. The third kappa shape index (κ3) is 3.07. The first-order chi connectivity index (χ1) is 8.56. The molecular weight excluding hydrogens is 292 g/mol. The third-order valence-electron chi connectivity index (χ3n) is 2.54. The summed E-state index contributed by atoms with van der Waals surface area (Å²) in [5.41, 5.74) is 1.17. The molecule has 1 heterocycles. The van der Waals surface area contributed by atoms with Crippen LogP contribution in [0.25, 0.3) is 0 Å². The monoisotopic (exact) mass is 306 g/mol. The standard InChI is InChI=1S/C14H15BrN2O/c1-9(2)11-6-4-5-7-12(11)18-14-8-13(15)16-10(3)17-14/h4-9H,1-3H3. The smallest absolute Gasteiger partial charge is 0.223 e.